The highest BCUT2D eigenvalue weighted by atomic mass is 14.9. The van der Waals surface area contributed by atoms with Crippen LogP contribution in [0.15, 0.2) is 36.8 Å². The van der Waals surface area contributed by atoms with Gasteiger partial charge in [0.2, 0.25) is 0 Å². The van der Waals surface area contributed by atoms with Gasteiger partial charge in [0, 0.05) is 6.54 Å². The molecule has 0 aliphatic rings. The highest BCUT2D eigenvalue weighted by Gasteiger charge is 1.98. The first-order chi connectivity index (χ1) is 6.40. The molecule has 3 N–H and O–H groups in total. The van der Waals surface area contributed by atoms with Crippen molar-refractivity contribution in [1.29, 1.82) is 0 Å². The van der Waals surface area contributed by atoms with E-state index in [1.807, 2.05) is 18.2 Å². The molecule has 3 nitrogen and oxygen atoms in total. The van der Waals surface area contributed by atoms with Crippen molar-refractivity contribution < 1.29 is 0 Å². The molecular formula is C10H11N3. The third-order valence-electron chi connectivity index (χ3n) is 1.97. The van der Waals surface area contributed by atoms with E-state index in [9.17, 15) is 0 Å². The van der Waals surface area contributed by atoms with Gasteiger partial charge < -0.3 is 10.7 Å². The molecule has 1 heterocycles. The highest BCUT2D eigenvalue weighted by Crippen LogP contribution is 2.16. The molecule has 1 aromatic heterocycles. The molecule has 0 bridgehead atoms. The summed E-state index contributed by atoms with van der Waals surface area (Å²) < 4.78 is 0. The summed E-state index contributed by atoms with van der Waals surface area (Å²) >= 11 is 0. The number of nitrogens with zero attached hydrogens (tertiary/aromatic N) is 1. The monoisotopic (exact) mass is 173 g/mol. The van der Waals surface area contributed by atoms with Crippen LogP contribution in [0.1, 0.15) is 5.56 Å². The molecule has 2 aromatic rings. The Morgan fingerprint density at radius 1 is 1.38 bits per heavy atom. The number of imidazole rings is 1. The molecule has 0 saturated carbocycles. The molecule has 0 aliphatic heterocycles. The number of nitrogens with two attached hydrogens (primary N) is 1. The lowest BCUT2D eigenvalue weighted by atomic mass is 10.1. The highest BCUT2D eigenvalue weighted by molar-refractivity contribution is 5.58. The normalized spacial score (nSPS) is 10.2. The van der Waals surface area contributed by atoms with Gasteiger partial charge in [-0.15, -0.1) is 0 Å². The van der Waals surface area contributed by atoms with Gasteiger partial charge in [-0.25, -0.2) is 4.98 Å². The van der Waals surface area contributed by atoms with Crippen molar-refractivity contribution in [3.05, 3.63) is 42.4 Å². The van der Waals surface area contributed by atoms with Crippen LogP contribution in [0.2, 0.25) is 0 Å². The van der Waals surface area contributed by atoms with Crippen LogP contribution in [-0.4, -0.2) is 9.97 Å². The maximum atomic E-state index is 5.55. The predicted molar refractivity (Wildman–Crippen MR) is 51.9 cm³/mol. The molecule has 0 aliphatic carbocycles. The second kappa shape index (κ2) is 3.41. The first-order valence-corrected chi connectivity index (χ1v) is 4.18. The summed E-state index contributed by atoms with van der Waals surface area (Å²) in [4.78, 5) is 7.02. The third kappa shape index (κ3) is 1.60. The first-order valence-electron chi connectivity index (χ1n) is 4.18. The van der Waals surface area contributed by atoms with Gasteiger partial charge in [0.15, 0.2) is 0 Å². The van der Waals surface area contributed by atoms with Crippen LogP contribution in [0.4, 0.5) is 0 Å². The lowest BCUT2D eigenvalue weighted by Gasteiger charge is -2.00. The molecule has 0 radical (unpaired) electrons. The largest absolute Gasteiger partial charge is 0.345 e. The van der Waals surface area contributed by atoms with Gasteiger partial charge >= 0.3 is 0 Å². The molecule has 0 unspecified atom stereocenters. The van der Waals surface area contributed by atoms with E-state index < -0.39 is 0 Å². The van der Waals surface area contributed by atoms with Gasteiger partial charge in [0.1, 0.15) is 0 Å². The van der Waals surface area contributed by atoms with Crippen molar-refractivity contribution in [1.82, 2.24) is 9.97 Å². The fraction of sp³-hybridized carbons (Fsp3) is 0.100. The van der Waals surface area contributed by atoms with Crippen molar-refractivity contribution in [3.8, 4) is 11.3 Å². The standard InChI is InChI=1S/C10H11N3/c11-5-8-2-1-3-9(4-8)10-6-12-7-13-10/h1-4,6-7H,5,11H2,(H,12,13). The molecule has 13 heavy (non-hydrogen) atoms. The van der Waals surface area contributed by atoms with Crippen molar-refractivity contribution in [2.75, 3.05) is 0 Å². The van der Waals surface area contributed by atoms with E-state index in [1.54, 1.807) is 12.5 Å². The Morgan fingerprint density at radius 3 is 3.00 bits per heavy atom. The Morgan fingerprint density at radius 2 is 2.31 bits per heavy atom. The van der Waals surface area contributed by atoms with Crippen LogP contribution >= 0.6 is 0 Å². The quantitative estimate of drug-likeness (QED) is 0.723. The number of H-pyrrole nitrogens is 1. The van der Waals surface area contributed by atoms with Crippen molar-refractivity contribution in [3.63, 3.8) is 0 Å². The van der Waals surface area contributed by atoms with E-state index in [0.717, 1.165) is 16.8 Å². The van der Waals surface area contributed by atoms with Crippen molar-refractivity contribution >= 4 is 0 Å². The third-order valence-corrected chi connectivity index (χ3v) is 1.97. The predicted octanol–water partition coefficient (Wildman–Crippen LogP) is 1.54. The number of rotatable bonds is 2. The Hall–Kier alpha value is -1.61. The van der Waals surface area contributed by atoms with Gasteiger partial charge in [-0.3, -0.25) is 0 Å². The zero-order valence-electron chi connectivity index (χ0n) is 7.20. The van der Waals surface area contributed by atoms with Crippen LogP contribution < -0.4 is 5.73 Å². The summed E-state index contributed by atoms with van der Waals surface area (Å²) in [5.74, 6) is 0. The van der Waals surface area contributed by atoms with Crippen LogP contribution in [0.25, 0.3) is 11.3 Å². The Kier molecular flexibility index (Phi) is 2.10. The zero-order chi connectivity index (χ0) is 9.10. The second-order valence-electron chi connectivity index (χ2n) is 2.87. The fourth-order valence-electron chi connectivity index (χ4n) is 1.28. The topological polar surface area (TPSA) is 54.7 Å². The summed E-state index contributed by atoms with van der Waals surface area (Å²) in [7, 11) is 0. The maximum absolute atomic E-state index is 5.55. The van der Waals surface area contributed by atoms with E-state index in [-0.39, 0.29) is 0 Å². The van der Waals surface area contributed by atoms with Gasteiger partial charge in [-0.05, 0) is 17.2 Å². The van der Waals surface area contributed by atoms with Crippen LogP contribution in [0, 0.1) is 0 Å². The molecule has 1 aromatic carbocycles. The Labute approximate surface area is 76.6 Å². The molecule has 0 atom stereocenters. The van der Waals surface area contributed by atoms with Gasteiger partial charge in [-0.2, -0.15) is 0 Å². The van der Waals surface area contributed by atoms with Gasteiger partial charge in [0.05, 0.1) is 18.2 Å². The molecular weight excluding hydrogens is 162 g/mol. The van der Waals surface area contributed by atoms with E-state index in [0.29, 0.717) is 6.54 Å². The van der Waals surface area contributed by atoms with Crippen molar-refractivity contribution in [2.45, 2.75) is 6.54 Å². The smallest absolute Gasteiger partial charge is 0.0924 e. The summed E-state index contributed by atoms with van der Waals surface area (Å²) in [6.07, 6.45) is 3.47. The van der Waals surface area contributed by atoms with Gasteiger partial charge in [0.25, 0.3) is 0 Å². The number of aromatic nitrogens is 2. The molecule has 0 saturated heterocycles. The minimum Gasteiger partial charge on any atom is -0.345 e. The summed E-state index contributed by atoms with van der Waals surface area (Å²) in [5, 5.41) is 0. The average molecular weight is 173 g/mol. The fourth-order valence-corrected chi connectivity index (χ4v) is 1.28. The zero-order valence-corrected chi connectivity index (χ0v) is 7.20. The second-order valence-corrected chi connectivity index (χ2v) is 2.87. The minimum absolute atomic E-state index is 0.571. The Balaban J connectivity index is 2.41. The molecule has 2 rings (SSSR count). The van der Waals surface area contributed by atoms with E-state index in [2.05, 4.69) is 16.0 Å². The van der Waals surface area contributed by atoms with E-state index in [4.69, 9.17) is 5.73 Å². The number of aromatic amines is 1. The minimum atomic E-state index is 0.571. The molecule has 3 heteroatoms. The number of hydrogen-bond acceptors (Lipinski definition) is 2. The van der Waals surface area contributed by atoms with Crippen LogP contribution in [0.5, 0.6) is 0 Å². The lowest BCUT2D eigenvalue weighted by Crippen LogP contribution is -1.95. The van der Waals surface area contributed by atoms with Crippen LogP contribution in [-0.2, 0) is 6.54 Å². The summed E-state index contributed by atoms with van der Waals surface area (Å²) in [6, 6.07) is 8.11. The molecule has 66 valence electrons. The molecule has 0 amide bonds. The van der Waals surface area contributed by atoms with Gasteiger partial charge in [-0.1, -0.05) is 18.2 Å². The lowest BCUT2D eigenvalue weighted by molar-refractivity contribution is 1.07. The summed E-state index contributed by atoms with van der Waals surface area (Å²) in [6.45, 7) is 0.571. The van der Waals surface area contributed by atoms with Crippen molar-refractivity contribution in [2.24, 2.45) is 5.73 Å². The van der Waals surface area contributed by atoms with Crippen LogP contribution in [0.3, 0.4) is 0 Å². The molecule has 0 spiro atoms. The maximum Gasteiger partial charge on any atom is 0.0924 e. The number of benzene rings is 1. The average Bonchev–Trinajstić information content (AvgIpc) is 2.71. The Bertz CT molecular complexity index is 379. The number of nitrogens with one attached hydrogen (secondary N) is 1. The number of hydrogen-bond donors (Lipinski definition) is 2. The van der Waals surface area contributed by atoms with E-state index in [1.165, 1.54) is 0 Å². The SMILES string of the molecule is NCc1cccc(-c2cnc[nH]2)c1. The summed E-state index contributed by atoms with van der Waals surface area (Å²) in [5.41, 5.74) is 8.83. The van der Waals surface area contributed by atoms with E-state index >= 15 is 0 Å². The molecule has 0 fully saturated rings. The first kappa shape index (κ1) is 8.01.